The molecule has 2 aromatic rings. The number of hydrogen-bond acceptors (Lipinski definition) is 6. The topological polar surface area (TPSA) is 89.9 Å². The van der Waals surface area contributed by atoms with Crippen LogP contribution in [0.5, 0.6) is 0 Å². The summed E-state index contributed by atoms with van der Waals surface area (Å²) < 4.78 is 0. The molecule has 0 saturated carbocycles. The molecule has 0 bridgehead atoms. The van der Waals surface area contributed by atoms with Crippen LogP contribution in [0.1, 0.15) is 96.4 Å². The van der Waals surface area contributed by atoms with Crippen LogP contribution in [0.2, 0.25) is 0 Å². The quantitative estimate of drug-likeness (QED) is 0.172. The fourth-order valence-electron chi connectivity index (χ4n) is 2.16. The van der Waals surface area contributed by atoms with Gasteiger partial charge in [0.2, 0.25) is 0 Å². The third-order valence-corrected chi connectivity index (χ3v) is 3.92. The molecule has 2 rings (SSSR count). The number of carbonyl (C=O) groups is 2. The molecule has 0 heterocycles. The van der Waals surface area contributed by atoms with Crippen molar-refractivity contribution in [1.82, 2.24) is 10.2 Å². The molecule has 2 aromatic carbocycles. The average Bonchev–Trinajstić information content (AvgIpc) is 3.08. The number of rotatable bonds is 9. The molecule has 0 spiro atoms. The Morgan fingerprint density at radius 1 is 0.660 bits per heavy atom. The maximum atomic E-state index is 11.7. The van der Waals surface area contributed by atoms with Crippen molar-refractivity contribution in [3.63, 3.8) is 0 Å². The Labute approximate surface area is 362 Å². The van der Waals surface area contributed by atoms with Gasteiger partial charge in [0.15, 0.2) is 11.6 Å². The second-order valence-electron chi connectivity index (χ2n) is 6.37. The van der Waals surface area contributed by atoms with Crippen molar-refractivity contribution in [3.8, 4) is 0 Å². The summed E-state index contributed by atoms with van der Waals surface area (Å²) in [4.78, 5) is 24.4. The van der Waals surface area contributed by atoms with Crippen molar-refractivity contribution in [2.75, 3.05) is 46.4 Å². The molecule has 6 nitrogen and oxygen atoms in total. The van der Waals surface area contributed by atoms with E-state index in [-0.39, 0.29) is 121 Å². The molecular weight excluding hydrogens is 809 g/mol. The van der Waals surface area contributed by atoms with E-state index in [0.29, 0.717) is 19.5 Å². The summed E-state index contributed by atoms with van der Waals surface area (Å²) in [5.74, 6) is 0.304. The first-order chi connectivity index (χ1) is 20.4. The van der Waals surface area contributed by atoms with E-state index < -0.39 is 0 Å². The van der Waals surface area contributed by atoms with Crippen molar-refractivity contribution in [3.05, 3.63) is 99.5 Å². The predicted molar refractivity (Wildman–Crippen MR) is 211 cm³/mol. The normalized spacial score (nSPS) is 7.02. The zero-order valence-electron chi connectivity index (χ0n) is 31.6. The van der Waals surface area contributed by atoms with Crippen molar-refractivity contribution in [2.24, 2.45) is 0 Å². The Morgan fingerprint density at radius 3 is 1.13 bits per heavy atom. The summed E-state index contributed by atoms with van der Waals surface area (Å²) in [6, 6.07) is 18.6. The molecule has 280 valence electrons. The number of hydrogen-bond donors (Lipinski definition) is 3. The monoisotopic (exact) mass is 878 g/mol. The minimum Gasteiger partial charge on any atom is -0.400 e. The molecule has 0 aromatic heterocycles. The summed E-state index contributed by atoms with van der Waals surface area (Å²) in [5, 5.41) is 17.5. The maximum absolute atomic E-state index is 11.7. The summed E-state index contributed by atoms with van der Waals surface area (Å²) in [6.07, 6.45) is 0.537. The van der Waals surface area contributed by atoms with Gasteiger partial charge in [-0.05, 0) is 20.4 Å². The van der Waals surface area contributed by atoms with Crippen molar-refractivity contribution >= 4 is 48.8 Å². The minimum absolute atomic E-state index is 0. The van der Waals surface area contributed by atoms with Crippen molar-refractivity contribution < 1.29 is 85.2 Å². The summed E-state index contributed by atoms with van der Waals surface area (Å²) in [7, 11) is 1.00. The van der Waals surface area contributed by atoms with E-state index >= 15 is 0 Å². The van der Waals surface area contributed by atoms with Gasteiger partial charge in [0.1, 0.15) is 0 Å². The number of nitrogens with zero attached hydrogens (tertiary/aromatic N) is 1. The first-order valence-electron chi connectivity index (χ1n) is 15.2. The van der Waals surface area contributed by atoms with E-state index in [2.05, 4.69) is 33.0 Å². The molecular formula is C36H71Cl3N2O4Y2-4. The molecule has 0 amide bonds. The zero-order chi connectivity index (χ0) is 34.6. The van der Waals surface area contributed by atoms with Gasteiger partial charge in [-0.3, -0.25) is 9.59 Å². The van der Waals surface area contributed by atoms with Crippen LogP contribution in [0.15, 0.2) is 60.7 Å². The number of benzene rings is 2. The van der Waals surface area contributed by atoms with E-state index in [0.717, 1.165) is 37.9 Å². The van der Waals surface area contributed by atoms with E-state index in [1.807, 2.05) is 121 Å². The van der Waals surface area contributed by atoms with E-state index in [4.69, 9.17) is 10.2 Å². The SMILES string of the molecule is CC.CC.CC.CC.CC(=O)c1ccccc1.CCO.CO.Cl.Cl.Cl.[CH2-]CN(C[CH2-])CCC(=O)c1ccccc1.[CH2-]CNC[CH2-].[Y].[Y]. The Kier molecular flexibility index (Phi) is 149. The average molecular weight is 880 g/mol. The fourth-order valence-corrected chi connectivity index (χ4v) is 2.16. The largest absolute Gasteiger partial charge is 0.400 e. The maximum Gasteiger partial charge on any atom is 0.164 e. The van der Waals surface area contributed by atoms with Crippen LogP contribution in [0.4, 0.5) is 0 Å². The zero-order valence-corrected chi connectivity index (χ0v) is 39.7. The van der Waals surface area contributed by atoms with Crippen LogP contribution in [0.25, 0.3) is 0 Å². The summed E-state index contributed by atoms with van der Waals surface area (Å²) in [5.41, 5.74) is 1.56. The third kappa shape index (κ3) is 73.2. The number of halogens is 3. The molecule has 3 N–H and O–H groups in total. The first-order valence-corrected chi connectivity index (χ1v) is 15.2. The number of ketones is 2. The number of Topliss-reactive ketones (excluding diaryl/α,β-unsaturated/α-hetero) is 2. The van der Waals surface area contributed by atoms with Gasteiger partial charge in [-0.2, -0.15) is 0 Å². The molecule has 47 heavy (non-hydrogen) atoms. The van der Waals surface area contributed by atoms with Gasteiger partial charge >= 0.3 is 0 Å². The molecule has 11 heteroatoms. The van der Waals surface area contributed by atoms with E-state index in [9.17, 15) is 9.59 Å². The van der Waals surface area contributed by atoms with Gasteiger partial charge in [0.05, 0.1) is 0 Å². The second-order valence-corrected chi connectivity index (χ2v) is 6.37. The Morgan fingerprint density at radius 2 is 0.936 bits per heavy atom. The molecule has 0 unspecified atom stereocenters. The number of nitrogens with one attached hydrogen (secondary N) is 1. The van der Waals surface area contributed by atoms with Crippen molar-refractivity contribution in [1.29, 1.82) is 0 Å². The summed E-state index contributed by atoms with van der Waals surface area (Å²) in [6.45, 7) is 37.8. The van der Waals surface area contributed by atoms with Crippen LogP contribution >= 0.6 is 37.2 Å². The fraction of sp³-hybridized carbons (Fsp3) is 0.500. The Balaban J connectivity index is -0.0000000335. The number of carbonyl (C=O) groups excluding carboxylic acids is 2. The van der Waals surface area contributed by atoms with Crippen LogP contribution in [0, 0.1) is 27.7 Å². The van der Waals surface area contributed by atoms with Gasteiger partial charge < -0.3 is 48.1 Å². The van der Waals surface area contributed by atoms with Crippen LogP contribution < -0.4 is 5.32 Å². The number of aliphatic hydroxyl groups excluding tert-OH is 2. The summed E-state index contributed by atoms with van der Waals surface area (Å²) >= 11 is 0. The predicted octanol–water partition coefficient (Wildman–Crippen LogP) is 9.34. The molecule has 0 atom stereocenters. The van der Waals surface area contributed by atoms with Crippen LogP contribution in [0.3, 0.4) is 0 Å². The molecule has 0 aliphatic rings. The smallest absolute Gasteiger partial charge is 0.164 e. The third-order valence-electron chi connectivity index (χ3n) is 3.92. The molecule has 2 radical (unpaired) electrons. The second kappa shape index (κ2) is 85.9. The van der Waals surface area contributed by atoms with Gasteiger partial charge in [-0.1, -0.05) is 116 Å². The van der Waals surface area contributed by atoms with Crippen molar-refractivity contribution in [2.45, 2.75) is 75.7 Å². The molecule has 0 aliphatic heterocycles. The first kappa shape index (κ1) is 81.6. The van der Waals surface area contributed by atoms with Gasteiger partial charge in [0, 0.05) is 96.7 Å². The van der Waals surface area contributed by atoms with E-state index in [1.54, 1.807) is 13.8 Å². The minimum atomic E-state index is 0. The standard InChI is InChI=1S/C13H17NO.C8H8O.C4H9N.C2H6O.4C2H6.CH4O.3ClH.2Y/c1-3-14(4-2)11-10-13(15)12-8-6-5-7-9-12;1-7(9)8-5-3-2-4-6-8;1-3-5-4-2;1-2-3;5*1-2;;;;;/h5-9H,1-4,10-11H2;2-6H,1H3;5H,1-4H2;3H,2H2,1H3;4*1-2H3;2H,1H3;3*1H;;/q-2;;-2;;;;;;;;;;;. The molecule has 0 saturated heterocycles. The Bertz CT molecular complexity index is 703. The van der Waals surface area contributed by atoms with Gasteiger partial charge in [-0.25, -0.2) is 0 Å². The van der Waals surface area contributed by atoms with E-state index in [1.165, 1.54) is 0 Å². The van der Waals surface area contributed by atoms with Crippen LogP contribution in [-0.4, -0.2) is 73.1 Å². The van der Waals surface area contributed by atoms with Crippen LogP contribution in [-0.2, 0) is 65.4 Å². The molecule has 0 fully saturated rings. The van der Waals surface area contributed by atoms with Gasteiger partial charge in [-0.15, -0.1) is 63.4 Å². The van der Waals surface area contributed by atoms with Gasteiger partial charge in [0.25, 0.3) is 0 Å². The molecule has 0 aliphatic carbocycles. The number of aliphatic hydroxyl groups is 2. The Hall–Kier alpha value is 0.698.